The van der Waals surface area contributed by atoms with Gasteiger partial charge >= 0.3 is 0 Å². The van der Waals surface area contributed by atoms with Crippen LogP contribution in [0.3, 0.4) is 0 Å². The van der Waals surface area contributed by atoms with Gasteiger partial charge in [-0.3, -0.25) is 4.79 Å². The van der Waals surface area contributed by atoms with E-state index in [1.807, 2.05) is 15.5 Å². The molecule has 8 heteroatoms. The predicted molar refractivity (Wildman–Crippen MR) is 142 cm³/mol. The second-order valence-electron chi connectivity index (χ2n) is 9.70. The number of rotatable bonds is 4. The van der Waals surface area contributed by atoms with E-state index in [1.165, 1.54) is 37.7 Å². The Bertz CT molecular complexity index is 1370. The number of piperazine rings is 1. The van der Waals surface area contributed by atoms with Gasteiger partial charge in [-0.05, 0) is 48.6 Å². The zero-order chi connectivity index (χ0) is 24.5. The van der Waals surface area contributed by atoms with Crippen LogP contribution in [0.4, 0.5) is 5.95 Å². The number of benzene rings is 2. The van der Waals surface area contributed by atoms with Crippen molar-refractivity contribution in [2.75, 3.05) is 31.1 Å². The summed E-state index contributed by atoms with van der Waals surface area (Å²) in [4.78, 5) is 26.0. The molecule has 0 radical (unpaired) electrons. The van der Waals surface area contributed by atoms with Gasteiger partial charge in [-0.2, -0.15) is 9.50 Å². The molecule has 36 heavy (non-hydrogen) atoms. The van der Waals surface area contributed by atoms with E-state index >= 15 is 0 Å². The van der Waals surface area contributed by atoms with Gasteiger partial charge in [-0.15, -0.1) is 5.10 Å². The Balaban J connectivity index is 1.18. The van der Waals surface area contributed by atoms with Gasteiger partial charge < -0.3 is 9.80 Å². The first-order valence-corrected chi connectivity index (χ1v) is 13.2. The minimum absolute atomic E-state index is 0.000683. The van der Waals surface area contributed by atoms with Gasteiger partial charge in [0.25, 0.3) is 11.7 Å². The van der Waals surface area contributed by atoms with Crippen molar-refractivity contribution < 1.29 is 4.79 Å². The van der Waals surface area contributed by atoms with Crippen molar-refractivity contribution in [1.82, 2.24) is 24.5 Å². The lowest BCUT2D eigenvalue weighted by Gasteiger charge is -2.34. The van der Waals surface area contributed by atoms with Gasteiger partial charge in [0.05, 0.1) is 5.69 Å². The predicted octanol–water partition coefficient (Wildman–Crippen LogP) is 5.45. The summed E-state index contributed by atoms with van der Waals surface area (Å²) in [6.07, 6.45) is 8.42. The number of carbonyl (C=O) groups is 1. The van der Waals surface area contributed by atoms with Crippen molar-refractivity contribution in [2.45, 2.75) is 38.0 Å². The largest absolute Gasteiger partial charge is 0.336 e. The van der Waals surface area contributed by atoms with Gasteiger partial charge in [0.15, 0.2) is 0 Å². The van der Waals surface area contributed by atoms with E-state index in [0.29, 0.717) is 54.4 Å². The lowest BCUT2D eigenvalue weighted by Crippen LogP contribution is -2.49. The number of halogens is 1. The average molecular weight is 501 g/mol. The molecular weight excluding hydrogens is 472 g/mol. The smallest absolute Gasteiger partial charge is 0.254 e. The molecule has 2 aromatic carbocycles. The minimum Gasteiger partial charge on any atom is -0.336 e. The van der Waals surface area contributed by atoms with Gasteiger partial charge in [-0.25, -0.2) is 4.98 Å². The van der Waals surface area contributed by atoms with Crippen LogP contribution in [0, 0.1) is 0 Å². The summed E-state index contributed by atoms with van der Waals surface area (Å²) < 4.78 is 1.83. The molecule has 184 valence electrons. The number of carbonyl (C=O) groups excluding carboxylic acids is 1. The first kappa shape index (κ1) is 23.0. The fourth-order valence-electron chi connectivity index (χ4n) is 5.41. The van der Waals surface area contributed by atoms with Crippen molar-refractivity contribution in [2.24, 2.45) is 0 Å². The third kappa shape index (κ3) is 4.55. The highest BCUT2D eigenvalue weighted by atomic mass is 35.5. The monoisotopic (exact) mass is 500 g/mol. The lowest BCUT2D eigenvalue weighted by atomic mass is 9.84. The molecule has 2 aliphatic rings. The van der Waals surface area contributed by atoms with E-state index in [1.54, 1.807) is 30.5 Å². The first-order valence-electron chi connectivity index (χ1n) is 12.8. The maximum atomic E-state index is 12.9. The number of fused-ring (bicyclic) bond motifs is 1. The molecule has 2 aromatic heterocycles. The quantitative estimate of drug-likeness (QED) is 0.372. The summed E-state index contributed by atoms with van der Waals surface area (Å²) in [5.74, 6) is 1.91. The maximum Gasteiger partial charge on any atom is 0.254 e. The Morgan fingerprint density at radius 3 is 2.44 bits per heavy atom. The third-order valence-electron chi connectivity index (χ3n) is 7.43. The van der Waals surface area contributed by atoms with E-state index in [0.717, 1.165) is 11.3 Å². The van der Waals surface area contributed by atoms with Crippen LogP contribution in [0.2, 0.25) is 5.02 Å². The Kier molecular flexibility index (Phi) is 6.32. The van der Waals surface area contributed by atoms with E-state index in [2.05, 4.69) is 34.1 Å². The van der Waals surface area contributed by atoms with Gasteiger partial charge in [-0.1, -0.05) is 61.2 Å². The number of hydrogen-bond acceptors (Lipinski definition) is 5. The van der Waals surface area contributed by atoms with E-state index in [-0.39, 0.29) is 5.91 Å². The molecule has 1 amide bonds. The number of amides is 1. The molecule has 4 aromatic rings. The zero-order valence-corrected chi connectivity index (χ0v) is 20.9. The highest BCUT2D eigenvalue weighted by molar-refractivity contribution is 6.30. The van der Waals surface area contributed by atoms with E-state index < -0.39 is 0 Å². The molecule has 1 aliphatic carbocycles. The van der Waals surface area contributed by atoms with Crippen LogP contribution < -0.4 is 4.90 Å². The molecule has 1 saturated carbocycles. The first-order chi connectivity index (χ1) is 17.7. The number of nitrogens with zero attached hydrogens (tertiary/aromatic N) is 6. The fraction of sp³-hybridized carbons (Fsp3) is 0.357. The standard InChI is InChI=1S/C28H29ClN6O/c29-24-8-4-7-23(19-24)26(36)33-15-17-34(18-16-33)28-31-27-30-14-13-25(35(27)32-28)22-11-9-21(10-12-22)20-5-2-1-3-6-20/h4,7-14,19-20H,1-3,5-6,15-18H2. The zero-order valence-electron chi connectivity index (χ0n) is 20.2. The topological polar surface area (TPSA) is 66.6 Å². The number of hydrogen-bond donors (Lipinski definition) is 0. The molecule has 0 N–H and O–H groups in total. The third-order valence-corrected chi connectivity index (χ3v) is 7.67. The van der Waals surface area contributed by atoms with Crippen LogP contribution >= 0.6 is 11.6 Å². The Hall–Kier alpha value is -3.45. The summed E-state index contributed by atoms with van der Waals surface area (Å²) in [5.41, 5.74) is 4.14. The highest BCUT2D eigenvalue weighted by Crippen LogP contribution is 2.33. The molecule has 6 rings (SSSR count). The summed E-state index contributed by atoms with van der Waals surface area (Å²) >= 11 is 6.07. The van der Waals surface area contributed by atoms with Crippen LogP contribution in [0.15, 0.2) is 60.8 Å². The molecule has 1 saturated heterocycles. The van der Waals surface area contributed by atoms with Crippen LogP contribution in [-0.2, 0) is 0 Å². The van der Waals surface area contributed by atoms with Crippen LogP contribution in [0.1, 0.15) is 53.9 Å². The van der Waals surface area contributed by atoms with Gasteiger partial charge in [0.2, 0.25) is 5.95 Å². The van der Waals surface area contributed by atoms with Crippen molar-refractivity contribution in [1.29, 1.82) is 0 Å². The molecule has 0 atom stereocenters. The number of aromatic nitrogens is 4. The highest BCUT2D eigenvalue weighted by Gasteiger charge is 2.25. The second kappa shape index (κ2) is 9.90. The molecule has 0 spiro atoms. The van der Waals surface area contributed by atoms with Crippen molar-refractivity contribution >= 4 is 29.2 Å². The van der Waals surface area contributed by atoms with Crippen molar-refractivity contribution in [3.8, 4) is 11.3 Å². The van der Waals surface area contributed by atoms with E-state index in [4.69, 9.17) is 21.7 Å². The van der Waals surface area contributed by atoms with Crippen LogP contribution in [0.5, 0.6) is 0 Å². The molecule has 3 heterocycles. The van der Waals surface area contributed by atoms with Crippen molar-refractivity contribution in [3.63, 3.8) is 0 Å². The maximum absolute atomic E-state index is 12.9. The summed E-state index contributed by atoms with van der Waals surface area (Å²) in [5, 5.41) is 5.38. The van der Waals surface area contributed by atoms with Gasteiger partial charge in [0.1, 0.15) is 0 Å². The summed E-state index contributed by atoms with van der Waals surface area (Å²) in [6.45, 7) is 2.52. The Labute approximate surface area is 215 Å². The normalized spacial score (nSPS) is 17.0. The van der Waals surface area contributed by atoms with Crippen LogP contribution in [0.25, 0.3) is 17.0 Å². The summed E-state index contributed by atoms with van der Waals surface area (Å²) in [6, 6.07) is 18.0. The Morgan fingerprint density at radius 2 is 1.69 bits per heavy atom. The Morgan fingerprint density at radius 1 is 0.917 bits per heavy atom. The average Bonchev–Trinajstić information content (AvgIpc) is 3.38. The molecule has 7 nitrogen and oxygen atoms in total. The van der Waals surface area contributed by atoms with Crippen LogP contribution in [-0.4, -0.2) is 56.6 Å². The molecule has 0 bridgehead atoms. The number of anilines is 1. The van der Waals surface area contributed by atoms with E-state index in [9.17, 15) is 4.79 Å². The van der Waals surface area contributed by atoms with Crippen molar-refractivity contribution in [3.05, 3.63) is 76.9 Å². The molecule has 0 unspecified atom stereocenters. The second-order valence-corrected chi connectivity index (χ2v) is 10.1. The lowest BCUT2D eigenvalue weighted by molar-refractivity contribution is 0.0746. The SMILES string of the molecule is O=C(c1cccc(Cl)c1)N1CCN(c2nc3nccc(-c4ccc(C5CCCCC5)cc4)n3n2)CC1. The fourth-order valence-corrected chi connectivity index (χ4v) is 5.60. The minimum atomic E-state index is 0.000683. The molecule has 1 aliphatic heterocycles. The summed E-state index contributed by atoms with van der Waals surface area (Å²) in [7, 11) is 0. The van der Waals surface area contributed by atoms with Gasteiger partial charge in [0, 0.05) is 48.5 Å². The molecular formula is C28H29ClN6O. The molecule has 2 fully saturated rings.